The molecule has 1 N–H and O–H groups in total. The topological polar surface area (TPSA) is 66.3 Å². The summed E-state index contributed by atoms with van der Waals surface area (Å²) in [5, 5.41) is 0. The highest BCUT2D eigenvalue weighted by atomic mass is 127. The summed E-state index contributed by atoms with van der Waals surface area (Å²) in [6.45, 7) is 4.36. The molecule has 0 amide bonds. The summed E-state index contributed by atoms with van der Waals surface area (Å²) in [5.41, 5.74) is 0. The second-order valence-corrected chi connectivity index (χ2v) is 2.35. The van der Waals surface area contributed by atoms with E-state index in [0.717, 1.165) is 0 Å². The van der Waals surface area contributed by atoms with E-state index >= 15 is 0 Å². The summed E-state index contributed by atoms with van der Waals surface area (Å²) in [6, 6.07) is 0. The predicted octanol–water partition coefficient (Wildman–Crippen LogP) is -4.12. The van der Waals surface area contributed by atoms with E-state index in [2.05, 4.69) is 13.8 Å². The molecule has 0 aliphatic heterocycles. The molecule has 0 aliphatic rings. The number of unbranched alkanes of at least 4 members (excludes halogenated alkanes) is 1. The van der Waals surface area contributed by atoms with Crippen LogP contribution < -0.4 is 27.9 Å². The lowest BCUT2D eigenvalue weighted by Crippen LogP contribution is -3.98. The van der Waals surface area contributed by atoms with E-state index in [0.29, 0.717) is 0 Å². The third kappa shape index (κ3) is 80.3. The maximum atomic E-state index is 8.68. The van der Waals surface area contributed by atoms with Crippen molar-refractivity contribution in [3.8, 4) is 0 Å². The van der Waals surface area contributed by atoms with Crippen LogP contribution in [-0.4, -0.2) is 3.44 Å². The Labute approximate surface area is 58.4 Å². The van der Waals surface area contributed by atoms with Gasteiger partial charge in [-0.25, -0.2) is 0 Å². The molecule has 0 aliphatic carbocycles. The van der Waals surface area contributed by atoms with Crippen LogP contribution in [-0.2, 0) is 0 Å². The minimum atomic E-state index is -3.76. The van der Waals surface area contributed by atoms with Crippen molar-refractivity contribution in [1.29, 1.82) is 0 Å². The first-order valence-corrected chi connectivity index (χ1v) is 5.12. The van der Waals surface area contributed by atoms with Gasteiger partial charge in [0.25, 0.3) is 0 Å². The molecule has 0 atom stereocenters. The minimum Gasteiger partial charge on any atom is -0.396 e. The smallest absolute Gasteiger partial charge is 0.396 e. The van der Waals surface area contributed by atoms with E-state index in [-0.39, 0.29) is 0 Å². The molecule has 0 fully saturated rings. The maximum Gasteiger partial charge on any atom is 0.503 e. The summed E-state index contributed by atoms with van der Waals surface area (Å²) >= 11 is -3.76. The molecule has 0 saturated carbocycles. The van der Waals surface area contributed by atoms with Crippen LogP contribution in [0.2, 0.25) is 0 Å². The van der Waals surface area contributed by atoms with Gasteiger partial charge in [0, 0.05) is 0 Å². The van der Waals surface area contributed by atoms with Crippen LogP contribution in [0.1, 0.15) is 26.7 Å². The third-order valence-corrected chi connectivity index (χ3v) is 0.500. The van der Waals surface area contributed by atoms with Crippen molar-refractivity contribution in [1.82, 2.24) is 0 Å². The second kappa shape index (κ2) is 10.6. The zero-order valence-corrected chi connectivity index (χ0v) is 7.21. The molecule has 0 rings (SSSR count). The second-order valence-electron chi connectivity index (χ2n) is 1.20. The monoisotopic (exact) mass is 234 g/mol. The Morgan fingerprint density at radius 1 is 1.25 bits per heavy atom. The summed E-state index contributed by atoms with van der Waals surface area (Å²) < 4.78 is 24.5. The molecule has 0 aromatic rings. The molecule has 4 heteroatoms. The third-order valence-electron chi connectivity index (χ3n) is 0.500. The Bertz CT molecular complexity index is 27.7. The van der Waals surface area contributed by atoms with Gasteiger partial charge < -0.3 is 6.87 Å². The Balaban J connectivity index is 0. The van der Waals surface area contributed by atoms with Crippen LogP contribution in [0, 0.1) is 0 Å². The first-order chi connectivity index (χ1) is 3.65. The number of halogens is 1. The Morgan fingerprint density at radius 2 is 1.38 bits per heavy atom. The molecule has 0 heterocycles. The molecular formula is C4H11IO3. The molecule has 0 saturated heterocycles. The highest BCUT2D eigenvalue weighted by Crippen LogP contribution is 1.76. The summed E-state index contributed by atoms with van der Waals surface area (Å²) in [6.07, 6.45) is 2.64. The van der Waals surface area contributed by atoms with Gasteiger partial charge in [0.2, 0.25) is 0 Å². The van der Waals surface area contributed by atoms with E-state index in [1.54, 1.807) is 0 Å². The Morgan fingerprint density at radius 3 is 1.38 bits per heavy atom. The van der Waals surface area contributed by atoms with Crippen molar-refractivity contribution in [3.63, 3.8) is 0 Å². The molecule has 0 spiro atoms. The van der Waals surface area contributed by atoms with Crippen LogP contribution in [0.4, 0.5) is 0 Å². The van der Waals surface area contributed by atoms with Gasteiger partial charge in [-0.2, -0.15) is 0 Å². The Hall–Kier alpha value is 0.610. The molecule has 52 valence electrons. The number of hydrogen-bond donors (Lipinski definition) is 1. The maximum absolute atomic E-state index is 8.68. The lowest BCUT2D eigenvalue weighted by Gasteiger charge is -1.68. The van der Waals surface area contributed by atoms with Crippen LogP contribution >= 0.6 is 0 Å². The van der Waals surface area contributed by atoms with E-state index in [1.165, 1.54) is 12.8 Å². The molecule has 0 bridgehead atoms. The van der Waals surface area contributed by atoms with Gasteiger partial charge in [-0.05, 0) is 3.44 Å². The zero-order chi connectivity index (χ0) is 6.99. The quantitative estimate of drug-likeness (QED) is 0.469. The van der Waals surface area contributed by atoms with Crippen molar-refractivity contribution in [2.24, 2.45) is 0 Å². The normalized spacial score (nSPS) is 8.25. The van der Waals surface area contributed by atoms with Gasteiger partial charge in [0.05, 0.1) is 0 Å². The van der Waals surface area contributed by atoms with Gasteiger partial charge >= 0.3 is 21.1 Å². The fourth-order valence-electron chi connectivity index (χ4n) is 0. The largest absolute Gasteiger partial charge is 0.503 e. The summed E-state index contributed by atoms with van der Waals surface area (Å²) in [5.74, 6) is 0. The molecular weight excluding hydrogens is 223 g/mol. The first kappa shape index (κ1) is 11.4. The standard InChI is InChI=1S/C4H10.HIO3/c1-3-4-2;2-1(3)4/h3-4H2,1-2H3;2H. The van der Waals surface area contributed by atoms with Gasteiger partial charge in [0.1, 0.15) is 0 Å². The van der Waals surface area contributed by atoms with Gasteiger partial charge in [-0.1, -0.05) is 26.7 Å². The van der Waals surface area contributed by atoms with Crippen LogP contribution in [0.15, 0.2) is 0 Å². The zero-order valence-electron chi connectivity index (χ0n) is 5.06. The number of hydrogen-bond acceptors (Lipinski definition) is 3. The van der Waals surface area contributed by atoms with Crippen molar-refractivity contribution < 1.29 is 31.4 Å². The van der Waals surface area contributed by atoms with Crippen molar-refractivity contribution >= 4 is 0 Å². The average molecular weight is 234 g/mol. The van der Waals surface area contributed by atoms with E-state index in [4.69, 9.17) is 10.3 Å². The van der Waals surface area contributed by atoms with Gasteiger partial charge in [-0.3, -0.25) is 0 Å². The SMILES string of the molecule is CCCC.[O-][I+2]([O-])O. The lowest BCUT2D eigenvalue weighted by atomic mass is 10.4. The van der Waals surface area contributed by atoms with E-state index in [1.807, 2.05) is 0 Å². The Kier molecular flexibility index (Phi) is 15.1. The summed E-state index contributed by atoms with van der Waals surface area (Å²) in [4.78, 5) is 0. The fraction of sp³-hybridized carbons (Fsp3) is 1.00. The highest BCUT2D eigenvalue weighted by Gasteiger charge is 1.89. The van der Waals surface area contributed by atoms with Crippen LogP contribution in [0.25, 0.3) is 0 Å². The molecule has 0 unspecified atom stereocenters. The average Bonchev–Trinajstić information content (AvgIpc) is 1.65. The molecule has 3 nitrogen and oxygen atoms in total. The molecule has 0 aromatic heterocycles. The minimum absolute atomic E-state index is 1.32. The fourth-order valence-corrected chi connectivity index (χ4v) is 0. The van der Waals surface area contributed by atoms with Crippen molar-refractivity contribution in [2.45, 2.75) is 26.7 Å². The van der Waals surface area contributed by atoms with Crippen molar-refractivity contribution in [3.05, 3.63) is 0 Å². The lowest BCUT2D eigenvalue weighted by molar-refractivity contribution is -1.63. The van der Waals surface area contributed by atoms with Crippen molar-refractivity contribution in [2.75, 3.05) is 0 Å². The van der Waals surface area contributed by atoms with Gasteiger partial charge in [0.15, 0.2) is 0 Å². The first-order valence-electron chi connectivity index (χ1n) is 2.39. The van der Waals surface area contributed by atoms with Crippen LogP contribution in [0.5, 0.6) is 0 Å². The highest BCUT2D eigenvalue weighted by molar-refractivity contribution is 4.12. The summed E-state index contributed by atoms with van der Waals surface area (Å²) in [7, 11) is 0. The van der Waals surface area contributed by atoms with Crippen LogP contribution in [0.3, 0.4) is 0 Å². The molecule has 8 heavy (non-hydrogen) atoms. The van der Waals surface area contributed by atoms with E-state index in [9.17, 15) is 0 Å². The van der Waals surface area contributed by atoms with Gasteiger partial charge in [-0.15, -0.1) is 0 Å². The molecule has 0 aromatic carbocycles. The number of rotatable bonds is 1. The predicted molar refractivity (Wildman–Crippen MR) is 22.8 cm³/mol. The van der Waals surface area contributed by atoms with E-state index < -0.39 is 21.1 Å². The molecule has 0 radical (unpaired) electrons.